The molecule has 22 heavy (non-hydrogen) atoms. The zero-order valence-electron chi connectivity index (χ0n) is 11.6. The van der Waals surface area contributed by atoms with Crippen LogP contribution < -0.4 is 0 Å². The van der Waals surface area contributed by atoms with Crippen molar-refractivity contribution in [2.24, 2.45) is 10.9 Å². The molecule has 0 fully saturated rings. The molecule has 0 saturated heterocycles. The number of Topliss-reactive ketones (excluding diaryl/α,β-unsaturated/α-hetero) is 3. The fraction of sp³-hybridized carbons (Fsp3) is 0.111. The van der Waals surface area contributed by atoms with E-state index >= 15 is 0 Å². The summed E-state index contributed by atoms with van der Waals surface area (Å²) in [5.74, 6) is -1.99. The van der Waals surface area contributed by atoms with Gasteiger partial charge in [-0.25, -0.2) is 4.99 Å². The Hall–Kier alpha value is -2.88. The number of aliphatic imine (C=N–C) groups is 1. The predicted molar refractivity (Wildman–Crippen MR) is 80.8 cm³/mol. The van der Waals surface area contributed by atoms with Crippen LogP contribution in [-0.4, -0.2) is 23.1 Å². The molecule has 2 aromatic carbocycles. The highest BCUT2D eigenvalue weighted by molar-refractivity contribution is 6.53. The Labute approximate surface area is 126 Å². The van der Waals surface area contributed by atoms with Crippen molar-refractivity contribution in [3.63, 3.8) is 0 Å². The number of ketones is 3. The number of carbonyl (C=O) groups is 3. The highest BCUT2D eigenvalue weighted by Gasteiger charge is 2.44. The monoisotopic (exact) mass is 289 g/mol. The SMILES string of the molecule is O=C1Cc2ccccc2N=C1C1C(=O)c2ccccc2C1=O. The molecule has 4 nitrogen and oxygen atoms in total. The topological polar surface area (TPSA) is 63.6 Å². The van der Waals surface area contributed by atoms with Gasteiger partial charge in [0.05, 0.1) is 5.69 Å². The quantitative estimate of drug-likeness (QED) is 0.758. The van der Waals surface area contributed by atoms with E-state index in [9.17, 15) is 14.4 Å². The number of rotatable bonds is 1. The van der Waals surface area contributed by atoms with Gasteiger partial charge < -0.3 is 0 Å². The number of fused-ring (bicyclic) bond motifs is 2. The molecule has 0 radical (unpaired) electrons. The Balaban J connectivity index is 1.84. The van der Waals surface area contributed by atoms with Gasteiger partial charge in [-0.15, -0.1) is 0 Å². The molecule has 0 bridgehead atoms. The van der Waals surface area contributed by atoms with Crippen molar-refractivity contribution >= 4 is 28.7 Å². The van der Waals surface area contributed by atoms with Gasteiger partial charge in [-0.3, -0.25) is 14.4 Å². The van der Waals surface area contributed by atoms with Crippen molar-refractivity contribution in [3.05, 3.63) is 65.2 Å². The number of hydrogen-bond donors (Lipinski definition) is 0. The summed E-state index contributed by atoms with van der Waals surface area (Å²) >= 11 is 0. The van der Waals surface area contributed by atoms with E-state index in [0.717, 1.165) is 5.56 Å². The van der Waals surface area contributed by atoms with Gasteiger partial charge in [0.2, 0.25) is 0 Å². The van der Waals surface area contributed by atoms with Gasteiger partial charge in [0.25, 0.3) is 0 Å². The average molecular weight is 289 g/mol. The van der Waals surface area contributed by atoms with Gasteiger partial charge >= 0.3 is 0 Å². The van der Waals surface area contributed by atoms with E-state index in [1.165, 1.54) is 0 Å². The van der Waals surface area contributed by atoms with E-state index in [4.69, 9.17) is 0 Å². The molecule has 0 unspecified atom stereocenters. The van der Waals surface area contributed by atoms with Crippen LogP contribution in [0.25, 0.3) is 0 Å². The molecule has 0 N–H and O–H groups in total. The highest BCUT2D eigenvalue weighted by atomic mass is 16.2. The van der Waals surface area contributed by atoms with E-state index in [-0.39, 0.29) is 29.5 Å². The molecule has 4 rings (SSSR count). The average Bonchev–Trinajstić information content (AvgIpc) is 2.79. The minimum atomic E-state index is -1.08. The summed E-state index contributed by atoms with van der Waals surface area (Å²) < 4.78 is 0. The standard InChI is InChI=1S/C18H11NO3/c20-14-9-10-5-1-4-8-13(10)19-16(14)15-17(21)11-6-2-3-7-12(11)18(15)22/h1-8,15H,9H2. The molecule has 2 aliphatic rings. The Morgan fingerprint density at radius 2 is 1.41 bits per heavy atom. The van der Waals surface area contributed by atoms with Gasteiger partial charge in [-0.2, -0.15) is 0 Å². The van der Waals surface area contributed by atoms with Crippen molar-refractivity contribution in [2.75, 3.05) is 0 Å². The summed E-state index contributed by atoms with van der Waals surface area (Å²) in [5.41, 5.74) is 2.32. The van der Waals surface area contributed by atoms with E-state index in [1.54, 1.807) is 30.3 Å². The summed E-state index contributed by atoms with van der Waals surface area (Å²) in [4.78, 5) is 41.7. The number of para-hydroxylation sites is 1. The van der Waals surface area contributed by atoms with Gasteiger partial charge in [0.15, 0.2) is 17.3 Å². The van der Waals surface area contributed by atoms with Crippen molar-refractivity contribution < 1.29 is 14.4 Å². The lowest BCUT2D eigenvalue weighted by Crippen LogP contribution is -2.34. The normalized spacial score (nSPS) is 17.3. The van der Waals surface area contributed by atoms with Crippen LogP contribution in [0.15, 0.2) is 53.5 Å². The number of nitrogens with zero attached hydrogens (tertiary/aromatic N) is 1. The third-order valence-corrected chi connectivity index (χ3v) is 4.13. The Kier molecular flexibility index (Phi) is 2.66. The van der Waals surface area contributed by atoms with Crippen LogP contribution in [-0.2, 0) is 11.2 Å². The van der Waals surface area contributed by atoms with Gasteiger partial charge in [-0.05, 0) is 11.6 Å². The fourth-order valence-electron chi connectivity index (χ4n) is 3.04. The lowest BCUT2D eigenvalue weighted by Gasteiger charge is -2.17. The highest BCUT2D eigenvalue weighted by Crippen LogP contribution is 2.32. The Bertz CT molecular complexity index is 844. The maximum Gasteiger partial charge on any atom is 0.182 e. The van der Waals surface area contributed by atoms with Gasteiger partial charge in [0.1, 0.15) is 11.6 Å². The summed E-state index contributed by atoms with van der Waals surface area (Å²) in [6.45, 7) is 0. The van der Waals surface area contributed by atoms with Crippen molar-refractivity contribution in [2.45, 2.75) is 6.42 Å². The first-order chi connectivity index (χ1) is 10.7. The van der Waals surface area contributed by atoms with Crippen LogP contribution in [0, 0.1) is 5.92 Å². The molecule has 1 aliphatic heterocycles. The third-order valence-electron chi connectivity index (χ3n) is 4.13. The second-order valence-electron chi connectivity index (χ2n) is 5.43. The first-order valence-electron chi connectivity index (χ1n) is 7.04. The minimum absolute atomic E-state index is 0.0740. The first-order valence-corrected chi connectivity index (χ1v) is 7.04. The summed E-state index contributed by atoms with van der Waals surface area (Å²) in [6, 6.07) is 14.0. The lowest BCUT2D eigenvalue weighted by atomic mass is 9.89. The van der Waals surface area contributed by atoms with Crippen LogP contribution >= 0.6 is 0 Å². The number of benzene rings is 2. The Morgan fingerprint density at radius 3 is 2.09 bits per heavy atom. The molecule has 106 valence electrons. The van der Waals surface area contributed by atoms with E-state index in [1.807, 2.05) is 18.2 Å². The first kappa shape index (κ1) is 12.8. The molecule has 4 heteroatoms. The number of carbonyl (C=O) groups excluding carboxylic acids is 3. The van der Waals surface area contributed by atoms with E-state index in [0.29, 0.717) is 16.8 Å². The van der Waals surface area contributed by atoms with Crippen LogP contribution in [0.5, 0.6) is 0 Å². The van der Waals surface area contributed by atoms with Crippen molar-refractivity contribution in [3.8, 4) is 0 Å². The smallest absolute Gasteiger partial charge is 0.182 e. The van der Waals surface area contributed by atoms with Crippen LogP contribution in [0.2, 0.25) is 0 Å². The molecule has 1 aliphatic carbocycles. The molecule has 0 spiro atoms. The molecule has 2 aromatic rings. The molecule has 0 aromatic heterocycles. The second kappa shape index (κ2) is 4.56. The summed E-state index contributed by atoms with van der Waals surface area (Å²) in [5, 5.41) is 0. The third kappa shape index (κ3) is 1.70. The molecule has 1 heterocycles. The maximum absolute atomic E-state index is 12.5. The number of hydrogen-bond acceptors (Lipinski definition) is 4. The van der Waals surface area contributed by atoms with Crippen LogP contribution in [0.1, 0.15) is 26.3 Å². The summed E-state index contributed by atoms with van der Waals surface area (Å²) in [6.07, 6.45) is 0.183. The van der Waals surface area contributed by atoms with E-state index in [2.05, 4.69) is 4.99 Å². The van der Waals surface area contributed by atoms with Crippen molar-refractivity contribution in [1.29, 1.82) is 0 Å². The van der Waals surface area contributed by atoms with Crippen LogP contribution in [0.4, 0.5) is 5.69 Å². The largest absolute Gasteiger partial charge is 0.293 e. The molecular weight excluding hydrogens is 278 g/mol. The van der Waals surface area contributed by atoms with E-state index < -0.39 is 5.92 Å². The second-order valence-corrected chi connectivity index (χ2v) is 5.43. The van der Waals surface area contributed by atoms with Crippen molar-refractivity contribution in [1.82, 2.24) is 0 Å². The zero-order valence-corrected chi connectivity index (χ0v) is 11.6. The zero-order chi connectivity index (χ0) is 15.3. The van der Waals surface area contributed by atoms with Gasteiger partial charge in [0, 0.05) is 17.5 Å². The Morgan fingerprint density at radius 1 is 0.818 bits per heavy atom. The molecule has 0 saturated carbocycles. The predicted octanol–water partition coefficient (Wildman–Crippen LogP) is 2.58. The molecule has 0 amide bonds. The molecular formula is C18H11NO3. The summed E-state index contributed by atoms with van der Waals surface area (Å²) in [7, 11) is 0. The van der Waals surface area contributed by atoms with Gasteiger partial charge in [-0.1, -0.05) is 42.5 Å². The molecule has 0 atom stereocenters. The minimum Gasteiger partial charge on any atom is -0.293 e. The van der Waals surface area contributed by atoms with Crippen LogP contribution in [0.3, 0.4) is 0 Å². The maximum atomic E-state index is 12.5. The fourth-order valence-corrected chi connectivity index (χ4v) is 3.04. The lowest BCUT2D eigenvalue weighted by molar-refractivity contribution is -0.112.